The smallest absolute Gasteiger partial charge is 0.358 e. The number of carbonyl (C=O) groups is 2. The highest BCUT2D eigenvalue weighted by Gasteiger charge is 2.23. The molecule has 1 fully saturated rings. The summed E-state index contributed by atoms with van der Waals surface area (Å²) in [5.74, 6) is -1.81. The Hall–Kier alpha value is -1.91. The predicted molar refractivity (Wildman–Crippen MR) is 63.5 cm³/mol. The summed E-state index contributed by atoms with van der Waals surface area (Å²) in [5.41, 5.74) is -0.228. The van der Waals surface area contributed by atoms with E-state index >= 15 is 0 Å². The fourth-order valence-electron chi connectivity index (χ4n) is 2.13. The third-order valence-corrected chi connectivity index (χ3v) is 3.06. The standard InChI is InChI=1S/C13H15NO4/c15-12(16)10-7-4-8-14-11(10)13(17)18-9-5-2-1-3-6-9/h4,7-9H,1-3,5-6H2,(H,15,16). The number of esters is 1. The summed E-state index contributed by atoms with van der Waals surface area (Å²) in [5, 5.41) is 8.97. The Balaban J connectivity index is 2.10. The van der Waals surface area contributed by atoms with Crippen molar-refractivity contribution < 1.29 is 19.4 Å². The highest BCUT2D eigenvalue weighted by molar-refractivity contribution is 6.00. The van der Waals surface area contributed by atoms with Gasteiger partial charge in [-0.15, -0.1) is 0 Å². The van der Waals surface area contributed by atoms with Gasteiger partial charge in [0.15, 0.2) is 5.69 Å². The Morgan fingerprint density at radius 2 is 2.00 bits per heavy atom. The number of rotatable bonds is 3. The number of carboxylic acids is 1. The van der Waals surface area contributed by atoms with Crippen LogP contribution in [-0.4, -0.2) is 28.1 Å². The molecule has 1 saturated carbocycles. The van der Waals surface area contributed by atoms with E-state index in [-0.39, 0.29) is 17.4 Å². The van der Waals surface area contributed by atoms with Gasteiger partial charge in [-0.3, -0.25) is 0 Å². The molecule has 1 aliphatic carbocycles. The number of pyridine rings is 1. The molecule has 96 valence electrons. The molecule has 0 bridgehead atoms. The van der Waals surface area contributed by atoms with E-state index in [1.54, 1.807) is 0 Å². The van der Waals surface area contributed by atoms with Gasteiger partial charge in [0.05, 0.1) is 5.56 Å². The molecule has 0 atom stereocenters. The maximum atomic E-state index is 11.9. The van der Waals surface area contributed by atoms with Gasteiger partial charge in [-0.25, -0.2) is 14.6 Å². The molecule has 1 heterocycles. The summed E-state index contributed by atoms with van der Waals surface area (Å²) in [7, 11) is 0. The predicted octanol–water partition coefficient (Wildman–Crippen LogP) is 2.27. The first kappa shape index (κ1) is 12.5. The molecule has 0 unspecified atom stereocenters. The molecule has 0 aliphatic heterocycles. The molecule has 1 aromatic heterocycles. The molecule has 2 rings (SSSR count). The molecule has 18 heavy (non-hydrogen) atoms. The van der Waals surface area contributed by atoms with Crippen LogP contribution in [0.1, 0.15) is 53.0 Å². The van der Waals surface area contributed by atoms with E-state index in [2.05, 4.69) is 4.98 Å². The van der Waals surface area contributed by atoms with Crippen molar-refractivity contribution in [2.24, 2.45) is 0 Å². The summed E-state index contributed by atoms with van der Waals surface area (Å²) >= 11 is 0. The van der Waals surface area contributed by atoms with Crippen LogP contribution in [0.3, 0.4) is 0 Å². The highest BCUT2D eigenvalue weighted by Crippen LogP contribution is 2.21. The fraction of sp³-hybridized carbons (Fsp3) is 0.462. The Morgan fingerprint density at radius 3 is 2.67 bits per heavy atom. The number of nitrogens with zero attached hydrogens (tertiary/aromatic N) is 1. The van der Waals surface area contributed by atoms with Gasteiger partial charge < -0.3 is 9.84 Å². The number of ether oxygens (including phenoxy) is 1. The zero-order valence-corrected chi connectivity index (χ0v) is 9.96. The van der Waals surface area contributed by atoms with Gasteiger partial charge >= 0.3 is 11.9 Å². The van der Waals surface area contributed by atoms with Gasteiger partial charge in [0.1, 0.15) is 6.10 Å². The summed E-state index contributed by atoms with van der Waals surface area (Å²) in [6.07, 6.45) is 6.25. The quantitative estimate of drug-likeness (QED) is 0.831. The van der Waals surface area contributed by atoms with E-state index in [0.717, 1.165) is 32.1 Å². The Morgan fingerprint density at radius 1 is 1.28 bits per heavy atom. The third kappa shape index (κ3) is 2.85. The molecule has 0 saturated heterocycles. The minimum atomic E-state index is -1.17. The van der Waals surface area contributed by atoms with Crippen molar-refractivity contribution in [1.29, 1.82) is 0 Å². The second kappa shape index (κ2) is 5.62. The average molecular weight is 249 g/mol. The first-order valence-electron chi connectivity index (χ1n) is 6.08. The Kier molecular flexibility index (Phi) is 3.92. The van der Waals surface area contributed by atoms with Crippen molar-refractivity contribution in [3.63, 3.8) is 0 Å². The Bertz CT molecular complexity index is 452. The monoisotopic (exact) mass is 249 g/mol. The molecule has 1 aliphatic rings. The van der Waals surface area contributed by atoms with Crippen molar-refractivity contribution in [1.82, 2.24) is 4.98 Å². The van der Waals surface area contributed by atoms with E-state index in [4.69, 9.17) is 9.84 Å². The number of aromatic nitrogens is 1. The van der Waals surface area contributed by atoms with Crippen LogP contribution >= 0.6 is 0 Å². The number of carbonyl (C=O) groups excluding carboxylic acids is 1. The fourth-order valence-corrected chi connectivity index (χ4v) is 2.13. The van der Waals surface area contributed by atoms with Gasteiger partial charge in [0.25, 0.3) is 0 Å². The van der Waals surface area contributed by atoms with E-state index < -0.39 is 11.9 Å². The van der Waals surface area contributed by atoms with Crippen molar-refractivity contribution in [2.75, 3.05) is 0 Å². The SMILES string of the molecule is O=C(O)c1cccnc1C(=O)OC1CCCCC1. The zero-order chi connectivity index (χ0) is 13.0. The molecular weight excluding hydrogens is 234 g/mol. The molecule has 0 spiro atoms. The minimum absolute atomic E-state index is 0.102. The lowest BCUT2D eigenvalue weighted by Crippen LogP contribution is -2.23. The summed E-state index contributed by atoms with van der Waals surface area (Å²) in [6, 6.07) is 2.84. The van der Waals surface area contributed by atoms with Gasteiger partial charge in [-0.05, 0) is 37.8 Å². The van der Waals surface area contributed by atoms with Crippen LogP contribution < -0.4 is 0 Å². The van der Waals surface area contributed by atoms with Crippen LogP contribution in [0.25, 0.3) is 0 Å². The number of carboxylic acid groups (broad SMARTS) is 1. The highest BCUT2D eigenvalue weighted by atomic mass is 16.5. The second-order valence-corrected chi connectivity index (χ2v) is 4.37. The average Bonchev–Trinajstić information content (AvgIpc) is 2.40. The summed E-state index contributed by atoms with van der Waals surface area (Å²) in [6.45, 7) is 0. The molecule has 0 aromatic carbocycles. The van der Waals surface area contributed by atoms with Crippen LogP contribution in [0.2, 0.25) is 0 Å². The lowest BCUT2D eigenvalue weighted by molar-refractivity contribution is 0.0200. The second-order valence-electron chi connectivity index (χ2n) is 4.37. The normalized spacial score (nSPS) is 16.2. The van der Waals surface area contributed by atoms with Crippen LogP contribution in [0, 0.1) is 0 Å². The first-order valence-corrected chi connectivity index (χ1v) is 6.08. The largest absolute Gasteiger partial charge is 0.478 e. The van der Waals surface area contributed by atoms with Crippen molar-refractivity contribution in [3.05, 3.63) is 29.6 Å². The third-order valence-electron chi connectivity index (χ3n) is 3.06. The molecule has 1 aromatic rings. The van der Waals surface area contributed by atoms with Crippen molar-refractivity contribution in [3.8, 4) is 0 Å². The molecule has 1 N–H and O–H groups in total. The topological polar surface area (TPSA) is 76.5 Å². The van der Waals surface area contributed by atoms with E-state index in [9.17, 15) is 9.59 Å². The van der Waals surface area contributed by atoms with Gasteiger partial charge in [0.2, 0.25) is 0 Å². The minimum Gasteiger partial charge on any atom is -0.478 e. The van der Waals surface area contributed by atoms with Gasteiger partial charge in [-0.2, -0.15) is 0 Å². The molecule has 0 radical (unpaired) electrons. The molecule has 0 amide bonds. The maximum Gasteiger partial charge on any atom is 0.358 e. The van der Waals surface area contributed by atoms with Crippen LogP contribution in [-0.2, 0) is 4.74 Å². The van der Waals surface area contributed by atoms with E-state index in [1.165, 1.54) is 18.3 Å². The lowest BCUT2D eigenvalue weighted by Gasteiger charge is -2.21. The Labute approximate surface area is 105 Å². The maximum absolute atomic E-state index is 11.9. The van der Waals surface area contributed by atoms with Crippen LogP contribution in [0.5, 0.6) is 0 Å². The molecule has 5 heteroatoms. The number of hydrogen-bond donors (Lipinski definition) is 1. The molecular formula is C13H15NO4. The zero-order valence-electron chi connectivity index (χ0n) is 9.96. The van der Waals surface area contributed by atoms with E-state index in [1.807, 2.05) is 0 Å². The lowest BCUT2D eigenvalue weighted by atomic mass is 9.98. The van der Waals surface area contributed by atoms with Crippen LogP contribution in [0.4, 0.5) is 0 Å². The van der Waals surface area contributed by atoms with E-state index in [0.29, 0.717) is 0 Å². The number of hydrogen-bond acceptors (Lipinski definition) is 4. The van der Waals surface area contributed by atoms with Gasteiger partial charge in [0, 0.05) is 6.20 Å². The number of aromatic carboxylic acids is 1. The van der Waals surface area contributed by atoms with Crippen molar-refractivity contribution >= 4 is 11.9 Å². The first-order chi connectivity index (χ1) is 8.68. The van der Waals surface area contributed by atoms with Crippen LogP contribution in [0.15, 0.2) is 18.3 Å². The summed E-state index contributed by atoms with van der Waals surface area (Å²) in [4.78, 5) is 26.7. The van der Waals surface area contributed by atoms with Gasteiger partial charge in [-0.1, -0.05) is 6.42 Å². The molecule has 5 nitrogen and oxygen atoms in total. The summed E-state index contributed by atoms with van der Waals surface area (Å²) < 4.78 is 5.30. The van der Waals surface area contributed by atoms with Crippen molar-refractivity contribution in [2.45, 2.75) is 38.2 Å².